The van der Waals surface area contributed by atoms with Crippen LogP contribution in [0.2, 0.25) is 0 Å². The molecule has 4 N–H and O–H groups in total. The predicted octanol–water partition coefficient (Wildman–Crippen LogP) is 2.09. The number of carbonyl (C=O) groups is 1. The van der Waals surface area contributed by atoms with Crippen LogP contribution in [0.5, 0.6) is 0 Å². The van der Waals surface area contributed by atoms with E-state index in [-0.39, 0.29) is 11.3 Å². The number of rotatable bonds is 3. The van der Waals surface area contributed by atoms with Crippen LogP contribution in [0, 0.1) is 12.3 Å². The second-order valence-electron chi connectivity index (χ2n) is 6.16. The van der Waals surface area contributed by atoms with Gasteiger partial charge in [-0.2, -0.15) is 5.10 Å². The molecule has 1 heterocycles. The van der Waals surface area contributed by atoms with Crippen molar-refractivity contribution in [2.24, 2.45) is 11.1 Å². The topological polar surface area (TPSA) is 96.7 Å². The molecule has 1 atom stereocenters. The van der Waals surface area contributed by atoms with Crippen molar-refractivity contribution in [3.8, 4) is 11.4 Å². The summed E-state index contributed by atoms with van der Waals surface area (Å²) in [6.07, 6.45) is 0. The normalized spacial score (nSPS) is 13.0. The third-order valence-electron chi connectivity index (χ3n) is 3.20. The van der Waals surface area contributed by atoms with E-state index in [4.69, 9.17) is 5.73 Å². The van der Waals surface area contributed by atoms with Crippen molar-refractivity contribution >= 4 is 11.6 Å². The molecule has 21 heavy (non-hydrogen) atoms. The second-order valence-corrected chi connectivity index (χ2v) is 6.16. The molecule has 1 unspecified atom stereocenters. The van der Waals surface area contributed by atoms with Gasteiger partial charge in [0, 0.05) is 11.3 Å². The maximum Gasteiger partial charge on any atom is 0.241 e. The average Bonchev–Trinajstić information content (AvgIpc) is 2.84. The summed E-state index contributed by atoms with van der Waals surface area (Å²) in [5, 5.41) is 9.74. The zero-order valence-corrected chi connectivity index (χ0v) is 12.8. The maximum absolute atomic E-state index is 12.1. The van der Waals surface area contributed by atoms with Crippen molar-refractivity contribution in [1.29, 1.82) is 0 Å². The highest BCUT2D eigenvalue weighted by Gasteiger charge is 2.27. The number of aromatic nitrogens is 3. The number of hydrogen-bond acceptors (Lipinski definition) is 4. The second kappa shape index (κ2) is 5.65. The summed E-state index contributed by atoms with van der Waals surface area (Å²) in [5.41, 5.74) is 7.18. The van der Waals surface area contributed by atoms with Gasteiger partial charge >= 0.3 is 0 Å². The van der Waals surface area contributed by atoms with Crippen molar-refractivity contribution in [3.05, 3.63) is 30.1 Å². The van der Waals surface area contributed by atoms with Gasteiger partial charge in [0.15, 0.2) is 5.82 Å². The molecule has 112 valence electrons. The number of aryl methyl sites for hydroxylation is 1. The number of nitrogens with one attached hydrogen (secondary N) is 2. The van der Waals surface area contributed by atoms with E-state index < -0.39 is 6.04 Å². The minimum Gasteiger partial charge on any atom is -0.325 e. The first-order valence-corrected chi connectivity index (χ1v) is 6.83. The van der Waals surface area contributed by atoms with Gasteiger partial charge in [-0.15, -0.1) is 0 Å². The fourth-order valence-electron chi connectivity index (χ4n) is 1.82. The number of benzene rings is 1. The first-order chi connectivity index (χ1) is 9.77. The van der Waals surface area contributed by atoms with E-state index in [1.807, 2.05) is 52.0 Å². The fraction of sp³-hybridized carbons (Fsp3) is 0.400. The van der Waals surface area contributed by atoms with E-state index in [9.17, 15) is 4.79 Å². The highest BCUT2D eigenvalue weighted by atomic mass is 16.2. The van der Waals surface area contributed by atoms with E-state index in [1.54, 1.807) is 0 Å². The number of H-pyrrole nitrogens is 1. The molecule has 2 rings (SSSR count). The van der Waals surface area contributed by atoms with Crippen LogP contribution in [0.1, 0.15) is 26.6 Å². The van der Waals surface area contributed by atoms with Crippen LogP contribution in [-0.4, -0.2) is 27.1 Å². The zero-order chi connectivity index (χ0) is 15.6. The lowest BCUT2D eigenvalue weighted by atomic mass is 9.87. The van der Waals surface area contributed by atoms with Gasteiger partial charge in [-0.05, 0) is 24.5 Å². The molecule has 0 aliphatic heterocycles. The van der Waals surface area contributed by atoms with Crippen LogP contribution in [0.25, 0.3) is 11.4 Å². The molecular weight excluding hydrogens is 266 g/mol. The molecular formula is C15H21N5O. The van der Waals surface area contributed by atoms with E-state index in [1.165, 1.54) is 0 Å². The molecule has 0 bridgehead atoms. The van der Waals surface area contributed by atoms with Crippen LogP contribution in [0.3, 0.4) is 0 Å². The summed E-state index contributed by atoms with van der Waals surface area (Å²) in [7, 11) is 0. The van der Waals surface area contributed by atoms with Gasteiger partial charge in [-0.1, -0.05) is 32.9 Å². The summed E-state index contributed by atoms with van der Waals surface area (Å²) in [5.74, 6) is 1.14. The minimum atomic E-state index is -0.577. The van der Waals surface area contributed by atoms with Crippen molar-refractivity contribution in [2.45, 2.75) is 33.7 Å². The van der Waals surface area contributed by atoms with Crippen molar-refractivity contribution in [3.63, 3.8) is 0 Å². The van der Waals surface area contributed by atoms with Crippen molar-refractivity contribution < 1.29 is 4.79 Å². The Balaban J connectivity index is 2.17. The summed E-state index contributed by atoms with van der Waals surface area (Å²) in [6.45, 7) is 7.64. The lowest BCUT2D eigenvalue weighted by molar-refractivity contribution is -0.119. The van der Waals surface area contributed by atoms with Crippen LogP contribution < -0.4 is 11.1 Å². The molecule has 0 fully saturated rings. The Kier molecular flexibility index (Phi) is 4.09. The quantitative estimate of drug-likeness (QED) is 0.805. The lowest BCUT2D eigenvalue weighted by Crippen LogP contribution is -2.45. The van der Waals surface area contributed by atoms with Gasteiger partial charge in [-0.3, -0.25) is 9.89 Å². The number of carbonyl (C=O) groups excluding carboxylic acids is 1. The van der Waals surface area contributed by atoms with Crippen molar-refractivity contribution in [1.82, 2.24) is 15.2 Å². The fourth-order valence-corrected chi connectivity index (χ4v) is 1.82. The third kappa shape index (κ3) is 3.66. The number of hydrogen-bond donors (Lipinski definition) is 3. The summed E-state index contributed by atoms with van der Waals surface area (Å²) < 4.78 is 0. The van der Waals surface area contributed by atoms with E-state index in [0.717, 1.165) is 11.4 Å². The first kappa shape index (κ1) is 15.2. The largest absolute Gasteiger partial charge is 0.325 e. The van der Waals surface area contributed by atoms with Crippen molar-refractivity contribution in [2.75, 3.05) is 5.32 Å². The molecule has 1 aromatic heterocycles. The first-order valence-electron chi connectivity index (χ1n) is 6.83. The van der Waals surface area contributed by atoms with Crippen LogP contribution in [-0.2, 0) is 4.79 Å². The summed E-state index contributed by atoms with van der Waals surface area (Å²) >= 11 is 0. The highest BCUT2D eigenvalue weighted by Crippen LogP contribution is 2.22. The molecule has 0 aliphatic rings. The molecule has 0 spiro atoms. The Labute approximate surface area is 124 Å². The van der Waals surface area contributed by atoms with Gasteiger partial charge in [-0.25, -0.2) is 4.98 Å². The summed E-state index contributed by atoms with van der Waals surface area (Å²) in [6, 6.07) is 6.81. The highest BCUT2D eigenvalue weighted by molar-refractivity contribution is 5.95. The molecule has 0 saturated heterocycles. The minimum absolute atomic E-state index is 0.203. The Morgan fingerprint density at radius 2 is 2.10 bits per heavy atom. The monoisotopic (exact) mass is 287 g/mol. The maximum atomic E-state index is 12.1. The van der Waals surface area contributed by atoms with E-state index in [0.29, 0.717) is 11.5 Å². The van der Waals surface area contributed by atoms with E-state index in [2.05, 4.69) is 20.5 Å². The molecule has 2 aromatic rings. The lowest BCUT2D eigenvalue weighted by Gasteiger charge is -2.25. The number of nitrogens with two attached hydrogens (primary N) is 1. The van der Waals surface area contributed by atoms with E-state index >= 15 is 0 Å². The van der Waals surface area contributed by atoms with Gasteiger partial charge in [0.05, 0.1) is 6.04 Å². The van der Waals surface area contributed by atoms with Gasteiger partial charge in [0.2, 0.25) is 5.91 Å². The Morgan fingerprint density at radius 1 is 1.38 bits per heavy atom. The Bertz CT molecular complexity index is 642. The SMILES string of the molecule is Cc1nc(-c2cccc(NC(=O)C(N)C(C)(C)C)c2)n[nH]1. The molecule has 0 aliphatic carbocycles. The van der Waals surface area contributed by atoms with Crippen LogP contribution in [0.4, 0.5) is 5.69 Å². The molecule has 6 heteroatoms. The molecule has 6 nitrogen and oxygen atoms in total. The van der Waals surface area contributed by atoms with Crippen LogP contribution in [0.15, 0.2) is 24.3 Å². The summed E-state index contributed by atoms with van der Waals surface area (Å²) in [4.78, 5) is 16.4. The number of nitrogens with zero attached hydrogens (tertiary/aromatic N) is 2. The van der Waals surface area contributed by atoms with Gasteiger partial charge < -0.3 is 11.1 Å². The van der Waals surface area contributed by atoms with Crippen LogP contribution >= 0.6 is 0 Å². The third-order valence-corrected chi connectivity index (χ3v) is 3.20. The van der Waals surface area contributed by atoms with Gasteiger partial charge in [0.25, 0.3) is 0 Å². The Hall–Kier alpha value is -2.21. The average molecular weight is 287 g/mol. The smallest absolute Gasteiger partial charge is 0.241 e. The predicted molar refractivity (Wildman–Crippen MR) is 82.6 cm³/mol. The number of anilines is 1. The zero-order valence-electron chi connectivity index (χ0n) is 12.8. The number of amides is 1. The van der Waals surface area contributed by atoms with Gasteiger partial charge in [0.1, 0.15) is 5.82 Å². The molecule has 0 radical (unpaired) electrons. The standard InChI is InChI=1S/C15H21N5O/c1-9-17-13(20-19-9)10-6-5-7-11(8-10)18-14(21)12(16)15(2,3)4/h5-8,12H,16H2,1-4H3,(H,18,21)(H,17,19,20). The Morgan fingerprint density at radius 3 is 2.67 bits per heavy atom. The molecule has 1 aromatic carbocycles. The molecule has 1 amide bonds. The molecule has 0 saturated carbocycles. The number of aromatic amines is 1.